The highest BCUT2D eigenvalue weighted by Gasteiger charge is 2.67. The first-order valence-corrected chi connectivity index (χ1v) is 12.0. The van der Waals surface area contributed by atoms with Crippen molar-refractivity contribution in [3.05, 3.63) is 62.2 Å². The van der Waals surface area contributed by atoms with Crippen LogP contribution in [0, 0.1) is 13.8 Å². The zero-order chi connectivity index (χ0) is 27.0. The molecule has 0 saturated heterocycles. The maximum absolute atomic E-state index is 14.3. The third-order valence-electron chi connectivity index (χ3n) is 8.37. The van der Waals surface area contributed by atoms with Crippen molar-refractivity contribution >= 4 is 34.5 Å². The van der Waals surface area contributed by atoms with E-state index in [2.05, 4.69) is 0 Å². The lowest BCUT2D eigenvalue weighted by atomic mass is 9.63. The van der Waals surface area contributed by atoms with Crippen molar-refractivity contribution in [1.82, 2.24) is 0 Å². The van der Waals surface area contributed by atoms with Gasteiger partial charge in [-0.15, -0.1) is 0 Å². The van der Waals surface area contributed by atoms with E-state index in [9.17, 15) is 34.5 Å². The van der Waals surface area contributed by atoms with Gasteiger partial charge in [0.1, 0.15) is 47.7 Å². The largest absolute Gasteiger partial charge is 0.507 e. The van der Waals surface area contributed by atoms with Gasteiger partial charge in [0.15, 0.2) is 5.78 Å². The molecule has 0 radical (unpaired) electrons. The van der Waals surface area contributed by atoms with Crippen LogP contribution in [0.4, 0.5) is 0 Å². The summed E-state index contributed by atoms with van der Waals surface area (Å²) < 4.78 is 16.6. The van der Waals surface area contributed by atoms with Crippen LogP contribution in [-0.2, 0) is 31.0 Å². The fourth-order valence-electron chi connectivity index (χ4n) is 7.15. The standard InChI is InChI=1S/C28H20O10/c1-8-4-12(30)17-16-11(6-36-26(17)34)23(32)22-19(14(8)16)20-24(33)15-9(2)5-13(31)18-21(15)28(22,7-37-27(18)35)25(20)38-10(3)29/h4-5,20,25,30-32H,6-7H2,1-3H3/t20-,25?,28?/m0/s1. The van der Waals surface area contributed by atoms with Crippen LogP contribution in [-0.4, -0.2) is 51.7 Å². The third kappa shape index (κ3) is 2.30. The minimum absolute atomic E-state index is 0.137. The molecule has 0 amide bonds. The summed E-state index contributed by atoms with van der Waals surface area (Å²) in [6.45, 7) is 3.83. The number of benzene rings is 3. The van der Waals surface area contributed by atoms with E-state index in [1.807, 2.05) is 0 Å². The average molecular weight is 516 g/mol. The molecule has 3 aromatic carbocycles. The quantitative estimate of drug-likeness (QED) is 0.325. The monoisotopic (exact) mass is 516 g/mol. The molecule has 1 spiro atoms. The molecule has 0 saturated carbocycles. The van der Waals surface area contributed by atoms with Crippen molar-refractivity contribution < 1.29 is 48.7 Å². The van der Waals surface area contributed by atoms with E-state index in [0.29, 0.717) is 22.1 Å². The molecule has 3 aromatic rings. The number of Topliss-reactive ketones (excluding diaryl/α,β-unsaturated/α-hetero) is 1. The second-order valence-electron chi connectivity index (χ2n) is 10.3. The minimum atomic E-state index is -1.53. The summed E-state index contributed by atoms with van der Waals surface area (Å²) in [5.74, 6) is -4.95. The van der Waals surface area contributed by atoms with Crippen molar-refractivity contribution in [3.63, 3.8) is 0 Å². The highest BCUT2D eigenvalue weighted by atomic mass is 16.6. The summed E-state index contributed by atoms with van der Waals surface area (Å²) >= 11 is 0. The molecule has 0 aromatic heterocycles. The van der Waals surface area contributed by atoms with Crippen LogP contribution in [0.3, 0.4) is 0 Å². The van der Waals surface area contributed by atoms with Crippen molar-refractivity contribution in [2.24, 2.45) is 0 Å². The first-order valence-electron chi connectivity index (χ1n) is 12.0. The number of carbonyl (C=O) groups excluding carboxylic acids is 4. The molecule has 0 fully saturated rings. The highest BCUT2D eigenvalue weighted by molar-refractivity contribution is 6.18. The van der Waals surface area contributed by atoms with Gasteiger partial charge in [-0.3, -0.25) is 9.59 Å². The van der Waals surface area contributed by atoms with Crippen LogP contribution in [0.1, 0.15) is 77.3 Å². The highest BCUT2D eigenvalue weighted by Crippen LogP contribution is 2.65. The number of phenolic OH excluding ortho intramolecular Hbond substituents is 3. The van der Waals surface area contributed by atoms with Gasteiger partial charge in [-0.2, -0.15) is 0 Å². The Morgan fingerprint density at radius 1 is 0.921 bits per heavy atom. The number of rotatable bonds is 1. The molecule has 2 heterocycles. The molecule has 3 atom stereocenters. The van der Waals surface area contributed by atoms with Crippen LogP contribution >= 0.6 is 0 Å². The summed E-state index contributed by atoms with van der Waals surface area (Å²) in [7, 11) is 0. The van der Waals surface area contributed by atoms with Gasteiger partial charge < -0.3 is 29.5 Å². The topological polar surface area (TPSA) is 157 Å². The molecule has 10 heteroatoms. The fraction of sp³-hybridized carbons (Fsp3) is 0.286. The fourth-order valence-corrected chi connectivity index (χ4v) is 7.15. The first-order chi connectivity index (χ1) is 18.0. The number of esters is 3. The number of phenols is 3. The summed E-state index contributed by atoms with van der Waals surface area (Å²) in [6.07, 6.45) is -1.22. The summed E-state index contributed by atoms with van der Waals surface area (Å²) in [6, 6.07) is 2.70. The summed E-state index contributed by atoms with van der Waals surface area (Å²) in [4.78, 5) is 52.3. The van der Waals surface area contributed by atoms with Gasteiger partial charge in [0.05, 0.1) is 11.3 Å². The Labute approximate surface area is 214 Å². The lowest BCUT2D eigenvalue weighted by Crippen LogP contribution is -2.54. The number of aromatic hydroxyl groups is 3. The smallest absolute Gasteiger partial charge is 0.342 e. The second kappa shape index (κ2) is 6.83. The number of cyclic esters (lactones) is 2. The normalized spacial score (nSPS) is 24.0. The lowest BCUT2D eigenvalue weighted by Gasteiger charge is -2.44. The van der Waals surface area contributed by atoms with Gasteiger partial charge in [0, 0.05) is 29.0 Å². The number of carbonyl (C=O) groups is 4. The number of ether oxygens (including phenoxy) is 3. The molecule has 2 unspecified atom stereocenters. The van der Waals surface area contributed by atoms with E-state index < -0.39 is 46.9 Å². The van der Waals surface area contributed by atoms with Gasteiger partial charge in [0.2, 0.25) is 0 Å². The van der Waals surface area contributed by atoms with Crippen molar-refractivity contribution in [1.29, 1.82) is 0 Å². The Hall–Kier alpha value is -4.60. The van der Waals surface area contributed by atoms with Crippen LogP contribution < -0.4 is 0 Å². The second-order valence-corrected chi connectivity index (χ2v) is 10.3. The van der Waals surface area contributed by atoms with Gasteiger partial charge in [0.25, 0.3) is 0 Å². The Bertz CT molecular complexity index is 1750. The van der Waals surface area contributed by atoms with Gasteiger partial charge in [-0.05, 0) is 53.6 Å². The average Bonchev–Trinajstić information content (AvgIpc) is 3.04. The van der Waals surface area contributed by atoms with Crippen molar-refractivity contribution in [3.8, 4) is 17.2 Å². The SMILES string of the molecule is CC(=O)OC1[C@@H]2C(=O)c3c(C)cc(O)c4c3C1(COC4=O)c1c(O)c3c4c(c(O)cc(C)c4c12)C(=O)OC3. The van der Waals surface area contributed by atoms with Crippen LogP contribution in [0.5, 0.6) is 17.2 Å². The molecule has 4 aliphatic rings. The predicted molar refractivity (Wildman–Crippen MR) is 128 cm³/mol. The number of aryl methyl sites for hydroxylation is 2. The van der Waals surface area contributed by atoms with E-state index in [0.717, 1.165) is 0 Å². The first kappa shape index (κ1) is 22.6. The number of fused-ring (bicyclic) bond motifs is 4. The molecular formula is C28H20O10. The van der Waals surface area contributed by atoms with Gasteiger partial charge in [-0.1, -0.05) is 0 Å². The van der Waals surface area contributed by atoms with E-state index in [1.54, 1.807) is 13.8 Å². The molecule has 2 aliphatic carbocycles. The molecule has 2 aliphatic heterocycles. The number of hydrogen-bond acceptors (Lipinski definition) is 10. The molecule has 2 bridgehead atoms. The predicted octanol–water partition coefficient (Wildman–Crippen LogP) is 2.93. The van der Waals surface area contributed by atoms with Gasteiger partial charge >= 0.3 is 17.9 Å². The Morgan fingerprint density at radius 3 is 2.29 bits per heavy atom. The van der Waals surface area contributed by atoms with Crippen molar-refractivity contribution in [2.45, 2.75) is 44.8 Å². The maximum Gasteiger partial charge on any atom is 0.342 e. The molecule has 3 N–H and O–H groups in total. The molecular weight excluding hydrogens is 496 g/mol. The molecule has 38 heavy (non-hydrogen) atoms. The Morgan fingerprint density at radius 2 is 1.58 bits per heavy atom. The summed E-state index contributed by atoms with van der Waals surface area (Å²) in [5, 5.41) is 34.0. The zero-order valence-corrected chi connectivity index (χ0v) is 20.4. The maximum atomic E-state index is 14.3. The molecule has 192 valence electrons. The van der Waals surface area contributed by atoms with E-state index >= 15 is 0 Å². The minimum Gasteiger partial charge on any atom is -0.507 e. The molecule has 10 nitrogen and oxygen atoms in total. The van der Waals surface area contributed by atoms with Crippen molar-refractivity contribution in [2.75, 3.05) is 6.61 Å². The zero-order valence-electron chi connectivity index (χ0n) is 20.4. The van der Waals surface area contributed by atoms with Crippen LogP contribution in [0.15, 0.2) is 12.1 Å². The lowest BCUT2D eigenvalue weighted by molar-refractivity contribution is -0.150. The van der Waals surface area contributed by atoms with E-state index in [-0.39, 0.29) is 63.5 Å². The van der Waals surface area contributed by atoms with Gasteiger partial charge in [-0.25, -0.2) is 9.59 Å². The van der Waals surface area contributed by atoms with Crippen LogP contribution in [0.25, 0.3) is 10.8 Å². The number of hydrogen-bond donors (Lipinski definition) is 3. The Kier molecular flexibility index (Phi) is 4.06. The van der Waals surface area contributed by atoms with Crippen LogP contribution in [0.2, 0.25) is 0 Å². The molecule has 7 rings (SSSR count). The number of ketones is 1. The van der Waals surface area contributed by atoms with E-state index in [4.69, 9.17) is 14.2 Å². The Balaban J connectivity index is 1.75. The van der Waals surface area contributed by atoms with E-state index in [1.165, 1.54) is 19.1 Å². The summed E-state index contributed by atoms with van der Waals surface area (Å²) in [5.41, 5.74) is 0.108. The third-order valence-corrected chi connectivity index (χ3v) is 8.37.